The van der Waals surface area contributed by atoms with Crippen molar-refractivity contribution in [2.24, 2.45) is 0 Å². The number of hydrogen-bond acceptors (Lipinski definition) is 8. The molecule has 2 aromatic rings. The summed E-state index contributed by atoms with van der Waals surface area (Å²) >= 11 is 0. The van der Waals surface area contributed by atoms with E-state index in [1.54, 1.807) is 13.0 Å². The van der Waals surface area contributed by atoms with E-state index < -0.39 is 14.8 Å². The Morgan fingerprint density at radius 3 is 2.76 bits per heavy atom. The van der Waals surface area contributed by atoms with Gasteiger partial charge in [-0.1, -0.05) is 11.2 Å². The van der Waals surface area contributed by atoms with Gasteiger partial charge in [-0.25, -0.2) is 8.42 Å². The van der Waals surface area contributed by atoms with E-state index in [-0.39, 0.29) is 16.5 Å². The second-order valence-corrected chi connectivity index (χ2v) is 8.10. The van der Waals surface area contributed by atoms with E-state index in [1.807, 2.05) is 4.90 Å². The van der Waals surface area contributed by atoms with Crippen LogP contribution in [0.15, 0.2) is 27.6 Å². The molecule has 25 heavy (non-hydrogen) atoms. The quantitative estimate of drug-likeness (QED) is 0.596. The lowest BCUT2D eigenvalue weighted by molar-refractivity contribution is -0.387. The summed E-state index contributed by atoms with van der Waals surface area (Å²) < 4.78 is 29.1. The summed E-state index contributed by atoms with van der Waals surface area (Å²) in [5, 5.41) is 15.3. The number of aromatic nitrogens is 2. The molecule has 3 rings (SSSR count). The topological polar surface area (TPSA) is 119 Å². The number of piperidine rings is 1. The Bertz CT molecular complexity index is 908. The first-order valence-electron chi connectivity index (χ1n) is 7.80. The lowest BCUT2D eigenvalue weighted by Gasteiger charge is -2.32. The molecule has 0 radical (unpaired) electrons. The van der Waals surface area contributed by atoms with Crippen molar-refractivity contribution in [3.8, 4) is 0 Å². The van der Waals surface area contributed by atoms with E-state index in [1.165, 1.54) is 12.1 Å². The first kappa shape index (κ1) is 17.3. The number of sulfone groups is 1. The number of nitrogens with zero attached hydrogens (tertiary/aromatic N) is 4. The van der Waals surface area contributed by atoms with Gasteiger partial charge in [-0.2, -0.15) is 4.98 Å². The van der Waals surface area contributed by atoms with E-state index in [0.717, 1.165) is 19.1 Å². The maximum absolute atomic E-state index is 11.9. The Balaban J connectivity index is 2.00. The highest BCUT2D eigenvalue weighted by molar-refractivity contribution is 7.90. The van der Waals surface area contributed by atoms with Crippen LogP contribution in [-0.2, 0) is 9.84 Å². The number of rotatable bonds is 4. The standard InChI is InChI=1S/C15H18N4O5S/c1-10-16-15(24-17-10)11-5-4-8-18(9-11)12-6-3-7-13(25(2,22)23)14(12)19(20)21/h3,6-7,11H,4-5,8-9H2,1-2H3. The van der Waals surface area contributed by atoms with Gasteiger partial charge in [0, 0.05) is 19.3 Å². The number of anilines is 1. The average Bonchev–Trinajstić information content (AvgIpc) is 3.00. The Labute approximate surface area is 144 Å². The first-order chi connectivity index (χ1) is 11.8. The van der Waals surface area contributed by atoms with Crippen molar-refractivity contribution in [3.05, 3.63) is 40.0 Å². The Hall–Kier alpha value is -2.49. The van der Waals surface area contributed by atoms with E-state index in [4.69, 9.17) is 4.52 Å². The molecule has 0 N–H and O–H groups in total. The van der Waals surface area contributed by atoms with Crippen LogP contribution in [0.4, 0.5) is 11.4 Å². The Kier molecular flexibility index (Phi) is 4.46. The highest BCUT2D eigenvalue weighted by Gasteiger charge is 2.32. The summed E-state index contributed by atoms with van der Waals surface area (Å²) in [4.78, 5) is 16.7. The van der Waals surface area contributed by atoms with Crippen LogP contribution in [0.1, 0.15) is 30.5 Å². The van der Waals surface area contributed by atoms with Crippen LogP contribution >= 0.6 is 0 Å². The molecule has 1 aliphatic rings. The summed E-state index contributed by atoms with van der Waals surface area (Å²) in [5.74, 6) is 0.998. The lowest BCUT2D eigenvalue weighted by atomic mass is 9.97. The Morgan fingerprint density at radius 2 is 2.16 bits per heavy atom. The van der Waals surface area contributed by atoms with Gasteiger partial charge in [-0.05, 0) is 31.9 Å². The second-order valence-electron chi connectivity index (χ2n) is 6.12. The number of para-hydroxylation sites is 1. The van der Waals surface area contributed by atoms with Gasteiger partial charge in [-0.3, -0.25) is 10.1 Å². The van der Waals surface area contributed by atoms with Crippen LogP contribution in [0, 0.1) is 17.0 Å². The third-order valence-corrected chi connectivity index (χ3v) is 5.34. The second kappa shape index (κ2) is 6.43. The van der Waals surface area contributed by atoms with Gasteiger partial charge in [0.05, 0.1) is 10.8 Å². The summed E-state index contributed by atoms with van der Waals surface area (Å²) in [5.41, 5.74) is -0.0822. The van der Waals surface area contributed by atoms with E-state index in [9.17, 15) is 18.5 Å². The molecule has 134 valence electrons. The van der Waals surface area contributed by atoms with Gasteiger partial charge in [0.25, 0.3) is 0 Å². The van der Waals surface area contributed by atoms with Gasteiger partial charge in [0.2, 0.25) is 5.89 Å². The lowest BCUT2D eigenvalue weighted by Crippen LogP contribution is -2.35. The summed E-state index contributed by atoms with van der Waals surface area (Å²) in [6.45, 7) is 2.78. The molecule has 1 atom stereocenters. The monoisotopic (exact) mass is 366 g/mol. The first-order valence-corrected chi connectivity index (χ1v) is 9.69. The molecule has 0 bridgehead atoms. The predicted molar refractivity (Wildman–Crippen MR) is 89.4 cm³/mol. The molecule has 0 spiro atoms. The van der Waals surface area contributed by atoms with E-state index in [0.29, 0.717) is 30.5 Å². The van der Waals surface area contributed by atoms with Crippen LogP contribution in [0.5, 0.6) is 0 Å². The van der Waals surface area contributed by atoms with Crippen molar-refractivity contribution in [2.45, 2.75) is 30.6 Å². The van der Waals surface area contributed by atoms with E-state index in [2.05, 4.69) is 10.1 Å². The summed E-state index contributed by atoms with van der Waals surface area (Å²) in [6, 6.07) is 4.37. The zero-order chi connectivity index (χ0) is 18.2. The van der Waals surface area contributed by atoms with Crippen molar-refractivity contribution >= 4 is 21.2 Å². The minimum Gasteiger partial charge on any atom is -0.365 e. The molecule has 10 heteroatoms. The molecule has 0 aliphatic carbocycles. The maximum Gasteiger partial charge on any atom is 0.311 e. The normalized spacial score (nSPS) is 18.3. The fraction of sp³-hybridized carbons (Fsp3) is 0.467. The van der Waals surface area contributed by atoms with Crippen molar-refractivity contribution in [1.82, 2.24) is 10.1 Å². The molecule has 0 saturated carbocycles. The highest BCUT2D eigenvalue weighted by atomic mass is 32.2. The molecular weight excluding hydrogens is 348 g/mol. The average molecular weight is 366 g/mol. The third kappa shape index (κ3) is 3.48. The smallest absolute Gasteiger partial charge is 0.311 e. The van der Waals surface area contributed by atoms with Crippen molar-refractivity contribution in [3.63, 3.8) is 0 Å². The SMILES string of the molecule is Cc1noc(C2CCCN(c3cccc(S(C)(=O)=O)c3[N+](=O)[O-])C2)n1. The maximum atomic E-state index is 11.9. The fourth-order valence-electron chi connectivity index (χ4n) is 3.13. The van der Waals surface area contributed by atoms with Crippen LogP contribution < -0.4 is 4.90 Å². The molecule has 9 nitrogen and oxygen atoms in total. The van der Waals surface area contributed by atoms with Crippen LogP contribution in [0.25, 0.3) is 0 Å². The zero-order valence-electron chi connectivity index (χ0n) is 13.9. The third-order valence-electron chi connectivity index (χ3n) is 4.21. The molecular formula is C15H18N4O5S. The minimum absolute atomic E-state index is 0.0450. The molecule has 1 aromatic carbocycles. The van der Waals surface area contributed by atoms with Gasteiger partial charge in [0.15, 0.2) is 15.7 Å². The summed E-state index contributed by atoms with van der Waals surface area (Å²) in [6.07, 6.45) is 2.59. The fourth-order valence-corrected chi connectivity index (χ4v) is 3.98. The zero-order valence-corrected chi connectivity index (χ0v) is 14.7. The number of benzene rings is 1. The number of nitro benzene ring substituents is 1. The molecule has 1 unspecified atom stereocenters. The van der Waals surface area contributed by atoms with E-state index >= 15 is 0 Å². The van der Waals surface area contributed by atoms with Crippen molar-refractivity contribution in [2.75, 3.05) is 24.2 Å². The van der Waals surface area contributed by atoms with Gasteiger partial charge >= 0.3 is 5.69 Å². The summed E-state index contributed by atoms with van der Waals surface area (Å²) in [7, 11) is -3.71. The molecule has 1 saturated heterocycles. The Morgan fingerprint density at radius 1 is 1.40 bits per heavy atom. The number of hydrogen-bond donors (Lipinski definition) is 0. The highest BCUT2D eigenvalue weighted by Crippen LogP contribution is 2.38. The van der Waals surface area contributed by atoms with Gasteiger partial charge < -0.3 is 9.42 Å². The molecule has 0 amide bonds. The molecule has 2 heterocycles. The predicted octanol–water partition coefficient (Wildman–Crippen LogP) is 2.07. The minimum atomic E-state index is -3.71. The van der Waals surface area contributed by atoms with Gasteiger partial charge in [-0.15, -0.1) is 0 Å². The molecule has 1 aromatic heterocycles. The molecule has 1 aliphatic heterocycles. The van der Waals surface area contributed by atoms with Crippen molar-refractivity contribution < 1.29 is 17.9 Å². The van der Waals surface area contributed by atoms with Crippen LogP contribution in [-0.4, -0.2) is 42.8 Å². The molecule has 1 fully saturated rings. The van der Waals surface area contributed by atoms with Crippen LogP contribution in [0.3, 0.4) is 0 Å². The number of aryl methyl sites for hydroxylation is 1. The number of nitro groups is 1. The van der Waals surface area contributed by atoms with Crippen molar-refractivity contribution in [1.29, 1.82) is 0 Å². The van der Waals surface area contributed by atoms with Crippen LogP contribution in [0.2, 0.25) is 0 Å². The van der Waals surface area contributed by atoms with Gasteiger partial charge in [0.1, 0.15) is 10.6 Å². The largest absolute Gasteiger partial charge is 0.365 e.